The second-order valence-electron chi connectivity index (χ2n) is 5.20. The molecule has 0 radical (unpaired) electrons. The first-order chi connectivity index (χ1) is 12.0. The minimum absolute atomic E-state index is 0.0289. The summed E-state index contributed by atoms with van der Waals surface area (Å²) in [7, 11) is -2.71. The summed E-state index contributed by atoms with van der Waals surface area (Å²) in [6, 6.07) is 1.78. The predicted octanol–water partition coefficient (Wildman–Crippen LogP) is 2.39. The molecule has 1 heterocycles. The third-order valence-electron chi connectivity index (χ3n) is 3.34. The molecule has 1 aromatic rings. The number of hydrogen-bond acceptors (Lipinski definition) is 7. The number of halogens is 3. The van der Waals surface area contributed by atoms with Crippen molar-refractivity contribution in [3.63, 3.8) is 0 Å². The first-order valence-electron chi connectivity index (χ1n) is 6.92. The lowest BCUT2D eigenvalue weighted by atomic mass is 9.96. The summed E-state index contributed by atoms with van der Waals surface area (Å²) in [5.74, 6) is -2.45. The lowest BCUT2D eigenvalue weighted by Crippen LogP contribution is -2.34. The van der Waals surface area contributed by atoms with E-state index in [-0.39, 0.29) is 33.5 Å². The molecule has 2 N–H and O–H groups in total. The van der Waals surface area contributed by atoms with Gasteiger partial charge < -0.3 is 15.2 Å². The predicted molar refractivity (Wildman–Crippen MR) is 92.3 cm³/mol. The number of nitrogens with one attached hydrogen (secondary N) is 1. The second-order valence-corrected chi connectivity index (χ2v) is 7.54. The molecule has 26 heavy (non-hydrogen) atoms. The monoisotopic (exact) mass is 426 g/mol. The summed E-state index contributed by atoms with van der Waals surface area (Å²) in [6.45, 7) is 0. The van der Waals surface area contributed by atoms with Crippen molar-refractivity contribution in [2.75, 3.05) is 13.4 Å². The van der Waals surface area contributed by atoms with Crippen LogP contribution in [0.25, 0.3) is 0 Å². The zero-order valence-corrected chi connectivity index (χ0v) is 15.7. The van der Waals surface area contributed by atoms with Gasteiger partial charge in [-0.05, 0) is 6.07 Å². The number of allylic oxidation sites excluding steroid dienone is 1. The Bertz CT molecular complexity index is 916. The highest BCUT2D eigenvalue weighted by atomic mass is 35.5. The van der Waals surface area contributed by atoms with Crippen molar-refractivity contribution in [1.29, 1.82) is 0 Å². The largest absolute Gasteiger partial charge is 0.492 e. The van der Waals surface area contributed by atoms with E-state index in [1.54, 1.807) is 0 Å². The zero-order chi connectivity index (χ0) is 19.6. The topological polar surface area (TPSA) is 114 Å². The van der Waals surface area contributed by atoms with Crippen molar-refractivity contribution in [1.82, 2.24) is 5.32 Å². The van der Waals surface area contributed by atoms with E-state index in [4.69, 9.17) is 27.9 Å². The van der Waals surface area contributed by atoms with Gasteiger partial charge in [-0.15, -0.1) is 0 Å². The van der Waals surface area contributed by atoms with Gasteiger partial charge in [0.1, 0.15) is 11.4 Å². The molecule has 142 valence electrons. The van der Waals surface area contributed by atoms with Gasteiger partial charge in [0.2, 0.25) is 0 Å². The number of rotatable bonds is 5. The van der Waals surface area contributed by atoms with E-state index >= 15 is 0 Å². The Hall–Kier alpha value is -2.04. The Morgan fingerprint density at radius 1 is 1.42 bits per heavy atom. The minimum Gasteiger partial charge on any atom is -0.492 e. The number of benzene rings is 1. The van der Waals surface area contributed by atoms with E-state index in [2.05, 4.69) is 14.8 Å². The number of carboxylic acid groups (broad SMARTS) is 1. The molecule has 0 amide bonds. The molecule has 0 aromatic heterocycles. The van der Waals surface area contributed by atoms with Crippen LogP contribution in [0.1, 0.15) is 18.0 Å². The lowest BCUT2D eigenvalue weighted by Gasteiger charge is -2.27. The van der Waals surface area contributed by atoms with Gasteiger partial charge in [-0.2, -0.15) is 8.42 Å². The molecule has 0 aliphatic carbocycles. The van der Waals surface area contributed by atoms with E-state index in [0.717, 1.165) is 6.26 Å². The number of carboxylic acids is 1. The number of nitrogens with zero attached hydrogens (tertiary/aromatic N) is 1. The zero-order valence-electron chi connectivity index (χ0n) is 13.4. The quantitative estimate of drug-likeness (QED) is 0.694. The molecule has 1 unspecified atom stereocenters. The molecule has 0 saturated carbocycles. The minimum atomic E-state index is -3.94. The first-order valence-corrected chi connectivity index (χ1v) is 9.49. The molecule has 0 saturated heterocycles. The Balaban J connectivity index is 2.52. The summed E-state index contributed by atoms with van der Waals surface area (Å²) >= 11 is 11.8. The van der Waals surface area contributed by atoms with Gasteiger partial charge in [-0.25, -0.2) is 9.18 Å². The van der Waals surface area contributed by atoms with Gasteiger partial charge in [0.05, 0.1) is 29.5 Å². The molecule has 0 spiro atoms. The maximum Gasteiger partial charge on any atom is 0.353 e. The molecule has 1 aliphatic heterocycles. The van der Waals surface area contributed by atoms with E-state index < -0.39 is 33.6 Å². The molecule has 0 bridgehead atoms. The summed E-state index contributed by atoms with van der Waals surface area (Å²) in [5.41, 5.74) is -0.625. The molecule has 2 rings (SSSR count). The summed E-state index contributed by atoms with van der Waals surface area (Å²) in [5, 5.41) is 14.9. The maximum atomic E-state index is 14.6. The standard InChI is InChI=1S/C14H13Cl2FN2O6S/c1-24-13-7(15)4-3-6(11(13)17)8-5-9(19-25-26(2,22)23)10(16)12(18-8)14(20)21/h3-4,8,18H,5H2,1-2H3,(H,20,21)/b19-9+. The lowest BCUT2D eigenvalue weighted by molar-refractivity contribution is -0.133. The van der Waals surface area contributed by atoms with Crippen LogP contribution in [0.3, 0.4) is 0 Å². The van der Waals surface area contributed by atoms with Crippen molar-refractivity contribution in [3.8, 4) is 5.75 Å². The molecule has 1 aromatic carbocycles. The average Bonchev–Trinajstić information content (AvgIpc) is 2.53. The number of aliphatic carboxylic acids is 1. The number of hydrogen-bond donors (Lipinski definition) is 2. The number of oxime groups is 1. The van der Waals surface area contributed by atoms with E-state index in [1.165, 1.54) is 19.2 Å². The van der Waals surface area contributed by atoms with Gasteiger partial charge in [0.25, 0.3) is 0 Å². The van der Waals surface area contributed by atoms with Crippen LogP contribution < -0.4 is 10.1 Å². The van der Waals surface area contributed by atoms with E-state index in [1.807, 2.05) is 0 Å². The van der Waals surface area contributed by atoms with Crippen LogP contribution in [0.4, 0.5) is 4.39 Å². The smallest absolute Gasteiger partial charge is 0.353 e. The van der Waals surface area contributed by atoms with Crippen LogP contribution in [0.2, 0.25) is 5.02 Å². The fourth-order valence-electron chi connectivity index (χ4n) is 2.25. The molecule has 0 fully saturated rings. The fraction of sp³-hybridized carbons (Fsp3) is 0.286. The van der Waals surface area contributed by atoms with Gasteiger partial charge >= 0.3 is 16.1 Å². The van der Waals surface area contributed by atoms with Crippen LogP contribution in [0.5, 0.6) is 5.75 Å². The van der Waals surface area contributed by atoms with E-state index in [9.17, 15) is 22.7 Å². The van der Waals surface area contributed by atoms with Crippen LogP contribution >= 0.6 is 23.2 Å². The van der Waals surface area contributed by atoms with Crippen molar-refractivity contribution in [2.24, 2.45) is 5.16 Å². The molecule has 1 aliphatic rings. The number of methoxy groups -OCH3 is 1. The van der Waals surface area contributed by atoms with Crippen molar-refractivity contribution in [3.05, 3.63) is 39.3 Å². The third-order valence-corrected chi connectivity index (χ3v) is 4.39. The van der Waals surface area contributed by atoms with Crippen molar-refractivity contribution < 1.29 is 31.7 Å². The number of carbonyl (C=O) groups is 1. The number of ether oxygens (including phenoxy) is 1. The molecular weight excluding hydrogens is 414 g/mol. The average molecular weight is 427 g/mol. The highest BCUT2D eigenvalue weighted by Gasteiger charge is 2.32. The Morgan fingerprint density at radius 2 is 2.08 bits per heavy atom. The highest BCUT2D eigenvalue weighted by molar-refractivity contribution is 7.85. The summed E-state index contributed by atoms with van der Waals surface area (Å²) in [4.78, 5) is 11.4. The van der Waals surface area contributed by atoms with Gasteiger partial charge in [-0.3, -0.25) is 4.28 Å². The van der Waals surface area contributed by atoms with Crippen molar-refractivity contribution in [2.45, 2.75) is 12.5 Å². The second kappa shape index (κ2) is 7.68. The van der Waals surface area contributed by atoms with Crippen LogP contribution in [0.15, 0.2) is 28.0 Å². The molecule has 8 nitrogen and oxygen atoms in total. The SMILES string of the molecule is COc1c(Cl)ccc(C2C/C(=N\OS(C)(=O)=O)C(Cl)=C(C(=O)O)N2)c1F. The fourth-order valence-corrected chi connectivity index (χ4v) is 2.95. The van der Waals surface area contributed by atoms with Gasteiger partial charge in [-0.1, -0.05) is 34.4 Å². The van der Waals surface area contributed by atoms with Crippen LogP contribution in [-0.2, 0) is 19.2 Å². The normalized spacial score (nSPS) is 19.3. The highest BCUT2D eigenvalue weighted by Crippen LogP contribution is 2.36. The summed E-state index contributed by atoms with van der Waals surface area (Å²) < 4.78 is 46.1. The summed E-state index contributed by atoms with van der Waals surface area (Å²) in [6.07, 6.45) is 0.613. The van der Waals surface area contributed by atoms with Gasteiger partial charge in [0.15, 0.2) is 11.6 Å². The molecule has 12 heteroatoms. The third kappa shape index (κ3) is 4.37. The van der Waals surface area contributed by atoms with E-state index in [0.29, 0.717) is 0 Å². The van der Waals surface area contributed by atoms with Crippen molar-refractivity contribution >= 4 is 45.0 Å². The maximum absolute atomic E-state index is 14.6. The van der Waals surface area contributed by atoms with Crippen LogP contribution in [0, 0.1) is 5.82 Å². The van der Waals surface area contributed by atoms with Gasteiger partial charge in [0, 0.05) is 12.0 Å². The Morgan fingerprint density at radius 3 is 2.62 bits per heavy atom. The first kappa shape index (κ1) is 20.3. The van der Waals surface area contributed by atoms with Crippen LogP contribution in [-0.4, -0.2) is 38.6 Å². The Kier molecular flexibility index (Phi) is 5.99. The Labute approximate surface area is 158 Å². The molecule has 1 atom stereocenters. The molecular formula is C14H13Cl2FN2O6S.